The lowest BCUT2D eigenvalue weighted by Crippen LogP contribution is -2.08. The van der Waals surface area contributed by atoms with E-state index in [4.69, 9.17) is 10.5 Å². The quantitative estimate of drug-likeness (QED) is 0.869. The first-order valence-corrected chi connectivity index (χ1v) is 6.78. The van der Waals surface area contributed by atoms with E-state index in [0.717, 1.165) is 17.1 Å². The van der Waals surface area contributed by atoms with Gasteiger partial charge in [-0.15, -0.1) is 0 Å². The lowest BCUT2D eigenvalue weighted by atomic mass is 10.2. The van der Waals surface area contributed by atoms with Crippen LogP contribution in [-0.4, -0.2) is 11.6 Å². The number of anilines is 3. The van der Waals surface area contributed by atoms with Crippen LogP contribution in [0.3, 0.4) is 0 Å². The molecule has 1 aromatic carbocycles. The molecule has 0 spiro atoms. The number of para-hydroxylation sites is 1. The Morgan fingerprint density at radius 2 is 1.95 bits per heavy atom. The second-order valence-corrected chi connectivity index (χ2v) is 5.24. The molecule has 4 heteroatoms. The summed E-state index contributed by atoms with van der Waals surface area (Å²) in [7, 11) is 0. The van der Waals surface area contributed by atoms with Crippen LogP contribution >= 0.6 is 0 Å². The third-order valence-electron chi connectivity index (χ3n) is 2.85. The average Bonchev–Trinajstić information content (AvgIpc) is 2.42. The van der Waals surface area contributed by atoms with Crippen molar-refractivity contribution in [2.24, 2.45) is 5.92 Å². The molecule has 1 heterocycles. The number of pyridine rings is 1. The smallest absolute Gasteiger partial charge is 0.239 e. The number of hydrogen-bond donors (Lipinski definition) is 2. The van der Waals surface area contributed by atoms with Gasteiger partial charge >= 0.3 is 0 Å². The van der Waals surface area contributed by atoms with E-state index in [1.165, 1.54) is 0 Å². The maximum Gasteiger partial charge on any atom is 0.239 e. The number of rotatable bonds is 5. The SMILES string of the molecule is Cc1ccccc1Nc1ccc(N)c(OCC(C)C)n1. The van der Waals surface area contributed by atoms with Crippen molar-refractivity contribution in [1.29, 1.82) is 0 Å². The number of benzene rings is 1. The predicted octanol–water partition coefficient (Wildman–Crippen LogP) is 3.75. The molecule has 0 aliphatic heterocycles. The van der Waals surface area contributed by atoms with Crippen molar-refractivity contribution in [2.45, 2.75) is 20.8 Å². The number of aromatic nitrogens is 1. The van der Waals surface area contributed by atoms with E-state index >= 15 is 0 Å². The molecule has 2 aromatic rings. The van der Waals surface area contributed by atoms with Crippen molar-refractivity contribution in [3.8, 4) is 5.88 Å². The van der Waals surface area contributed by atoms with Crippen LogP contribution in [-0.2, 0) is 0 Å². The van der Waals surface area contributed by atoms with Gasteiger partial charge in [0.05, 0.1) is 12.3 Å². The third kappa shape index (κ3) is 3.63. The van der Waals surface area contributed by atoms with Crippen LogP contribution in [0.1, 0.15) is 19.4 Å². The fourth-order valence-electron chi connectivity index (χ4n) is 1.73. The molecule has 0 aliphatic carbocycles. The Labute approximate surface area is 120 Å². The number of nitrogens with zero attached hydrogens (tertiary/aromatic N) is 1. The summed E-state index contributed by atoms with van der Waals surface area (Å²) in [4.78, 5) is 4.42. The zero-order valence-corrected chi connectivity index (χ0v) is 12.2. The molecular weight excluding hydrogens is 250 g/mol. The van der Waals surface area contributed by atoms with E-state index < -0.39 is 0 Å². The maximum absolute atomic E-state index is 5.88. The number of hydrogen-bond acceptors (Lipinski definition) is 4. The fourth-order valence-corrected chi connectivity index (χ4v) is 1.73. The Kier molecular flexibility index (Phi) is 4.45. The molecule has 0 amide bonds. The Morgan fingerprint density at radius 3 is 2.65 bits per heavy atom. The molecule has 0 unspecified atom stereocenters. The van der Waals surface area contributed by atoms with Gasteiger partial charge in [0.25, 0.3) is 0 Å². The molecular formula is C16H21N3O. The van der Waals surface area contributed by atoms with E-state index in [9.17, 15) is 0 Å². The van der Waals surface area contributed by atoms with Crippen LogP contribution in [0.5, 0.6) is 5.88 Å². The molecule has 0 fully saturated rings. The lowest BCUT2D eigenvalue weighted by molar-refractivity contribution is 0.263. The second kappa shape index (κ2) is 6.28. The Hall–Kier alpha value is -2.23. The van der Waals surface area contributed by atoms with Gasteiger partial charge in [0, 0.05) is 5.69 Å². The highest BCUT2D eigenvalue weighted by molar-refractivity contribution is 5.63. The molecule has 106 valence electrons. The summed E-state index contributed by atoms with van der Waals surface area (Å²) in [5.74, 6) is 1.65. The van der Waals surface area contributed by atoms with Crippen molar-refractivity contribution in [3.63, 3.8) is 0 Å². The molecule has 0 radical (unpaired) electrons. The van der Waals surface area contributed by atoms with Crippen LogP contribution in [0, 0.1) is 12.8 Å². The number of nitrogens with one attached hydrogen (secondary N) is 1. The molecule has 4 nitrogen and oxygen atoms in total. The summed E-state index contributed by atoms with van der Waals surface area (Å²) in [6.45, 7) is 6.83. The van der Waals surface area contributed by atoms with Crippen LogP contribution in [0.4, 0.5) is 17.2 Å². The van der Waals surface area contributed by atoms with Crippen molar-refractivity contribution in [1.82, 2.24) is 4.98 Å². The fraction of sp³-hybridized carbons (Fsp3) is 0.312. The highest BCUT2D eigenvalue weighted by atomic mass is 16.5. The Bertz CT molecular complexity index is 582. The summed E-state index contributed by atoms with van der Waals surface area (Å²) >= 11 is 0. The van der Waals surface area contributed by atoms with Gasteiger partial charge < -0.3 is 15.8 Å². The van der Waals surface area contributed by atoms with Gasteiger partial charge in [-0.3, -0.25) is 0 Å². The highest BCUT2D eigenvalue weighted by Crippen LogP contribution is 2.24. The molecule has 1 aromatic heterocycles. The predicted molar refractivity (Wildman–Crippen MR) is 83.4 cm³/mol. The van der Waals surface area contributed by atoms with Gasteiger partial charge in [0.2, 0.25) is 5.88 Å². The molecule has 0 atom stereocenters. The summed E-state index contributed by atoms with van der Waals surface area (Å²) in [5.41, 5.74) is 8.63. The minimum Gasteiger partial charge on any atom is -0.476 e. The summed E-state index contributed by atoms with van der Waals surface area (Å²) in [6, 6.07) is 11.7. The Balaban J connectivity index is 2.17. The summed E-state index contributed by atoms with van der Waals surface area (Å²) < 4.78 is 5.63. The number of nitrogen functional groups attached to an aromatic ring is 1. The number of aryl methyl sites for hydroxylation is 1. The van der Waals surface area contributed by atoms with Crippen LogP contribution in [0.25, 0.3) is 0 Å². The minimum atomic E-state index is 0.434. The van der Waals surface area contributed by atoms with Gasteiger partial charge in [-0.25, -0.2) is 0 Å². The van der Waals surface area contributed by atoms with E-state index in [1.807, 2.05) is 30.3 Å². The lowest BCUT2D eigenvalue weighted by Gasteiger charge is -2.13. The zero-order valence-electron chi connectivity index (χ0n) is 12.2. The van der Waals surface area contributed by atoms with Crippen molar-refractivity contribution in [2.75, 3.05) is 17.7 Å². The van der Waals surface area contributed by atoms with Crippen LogP contribution in [0.2, 0.25) is 0 Å². The number of nitrogens with two attached hydrogens (primary N) is 1. The van der Waals surface area contributed by atoms with Crippen LogP contribution in [0.15, 0.2) is 36.4 Å². The largest absolute Gasteiger partial charge is 0.476 e. The molecule has 2 rings (SSSR count). The highest BCUT2D eigenvalue weighted by Gasteiger charge is 2.06. The van der Waals surface area contributed by atoms with Crippen LogP contribution < -0.4 is 15.8 Å². The van der Waals surface area contributed by atoms with Gasteiger partial charge in [0.15, 0.2) is 0 Å². The normalized spacial score (nSPS) is 10.6. The average molecular weight is 271 g/mol. The van der Waals surface area contributed by atoms with Gasteiger partial charge in [0.1, 0.15) is 5.82 Å². The first kappa shape index (κ1) is 14.2. The third-order valence-corrected chi connectivity index (χ3v) is 2.85. The zero-order chi connectivity index (χ0) is 14.5. The van der Waals surface area contributed by atoms with E-state index in [0.29, 0.717) is 24.1 Å². The Morgan fingerprint density at radius 1 is 1.20 bits per heavy atom. The molecule has 0 saturated carbocycles. The van der Waals surface area contributed by atoms with Gasteiger partial charge in [-0.05, 0) is 36.6 Å². The summed E-state index contributed by atoms with van der Waals surface area (Å²) in [6.07, 6.45) is 0. The first-order valence-electron chi connectivity index (χ1n) is 6.78. The maximum atomic E-state index is 5.88. The van der Waals surface area contributed by atoms with E-state index in [1.54, 1.807) is 0 Å². The number of ether oxygens (including phenoxy) is 1. The van der Waals surface area contributed by atoms with Crippen molar-refractivity contribution >= 4 is 17.2 Å². The molecule has 0 bridgehead atoms. The van der Waals surface area contributed by atoms with Crippen molar-refractivity contribution < 1.29 is 4.74 Å². The van der Waals surface area contributed by atoms with E-state index in [2.05, 4.69) is 37.1 Å². The molecule has 20 heavy (non-hydrogen) atoms. The monoisotopic (exact) mass is 271 g/mol. The molecule has 3 N–H and O–H groups in total. The summed E-state index contributed by atoms with van der Waals surface area (Å²) in [5, 5.41) is 3.28. The molecule has 0 saturated heterocycles. The first-order chi connectivity index (χ1) is 9.56. The molecule has 0 aliphatic rings. The topological polar surface area (TPSA) is 60.2 Å². The van der Waals surface area contributed by atoms with Gasteiger partial charge in [-0.1, -0.05) is 32.0 Å². The minimum absolute atomic E-state index is 0.434. The van der Waals surface area contributed by atoms with Gasteiger partial charge in [-0.2, -0.15) is 4.98 Å². The van der Waals surface area contributed by atoms with Crippen molar-refractivity contribution in [3.05, 3.63) is 42.0 Å². The second-order valence-electron chi connectivity index (χ2n) is 5.24. The standard InChI is InChI=1S/C16H21N3O/c1-11(2)10-20-16-13(17)8-9-15(19-16)18-14-7-5-4-6-12(14)3/h4-9,11H,10,17H2,1-3H3,(H,18,19). The van der Waals surface area contributed by atoms with E-state index in [-0.39, 0.29) is 0 Å².